The first kappa shape index (κ1) is 13.0. The van der Waals surface area contributed by atoms with Crippen LogP contribution in [-0.4, -0.2) is 47.1 Å². The number of nitrogens with one attached hydrogen (secondary N) is 1. The van der Waals surface area contributed by atoms with Crippen molar-refractivity contribution >= 4 is 11.9 Å². The van der Waals surface area contributed by atoms with E-state index in [1.165, 1.54) is 0 Å². The highest BCUT2D eigenvalue weighted by Crippen LogP contribution is 2.22. The van der Waals surface area contributed by atoms with E-state index in [-0.39, 0.29) is 24.4 Å². The van der Waals surface area contributed by atoms with Gasteiger partial charge in [-0.05, 0) is 33.2 Å². The molecular formula is C11H20N2O3. The average Bonchev–Trinajstić information content (AvgIpc) is 2.64. The van der Waals surface area contributed by atoms with Gasteiger partial charge in [0.2, 0.25) is 5.91 Å². The number of nitrogens with zero attached hydrogens (tertiary/aromatic N) is 1. The fourth-order valence-electron chi connectivity index (χ4n) is 2.26. The molecule has 2 atom stereocenters. The Morgan fingerprint density at radius 1 is 1.56 bits per heavy atom. The van der Waals surface area contributed by atoms with E-state index in [2.05, 4.69) is 5.32 Å². The molecule has 1 aliphatic heterocycles. The van der Waals surface area contributed by atoms with Crippen molar-refractivity contribution in [3.05, 3.63) is 0 Å². The van der Waals surface area contributed by atoms with Crippen LogP contribution in [0.3, 0.4) is 0 Å². The predicted octanol–water partition coefficient (Wildman–Crippen LogP) is 0.450. The first-order valence-electron chi connectivity index (χ1n) is 5.81. The molecule has 0 radical (unpaired) electrons. The van der Waals surface area contributed by atoms with Gasteiger partial charge in [-0.2, -0.15) is 0 Å². The average molecular weight is 228 g/mol. The molecule has 2 N–H and O–H groups in total. The molecule has 1 aliphatic rings. The summed E-state index contributed by atoms with van der Waals surface area (Å²) in [6.45, 7) is 5.14. The Morgan fingerprint density at radius 2 is 2.25 bits per heavy atom. The summed E-state index contributed by atoms with van der Waals surface area (Å²) in [5, 5.41) is 11.6. The topological polar surface area (TPSA) is 69.6 Å². The minimum absolute atomic E-state index is 0.00936. The minimum atomic E-state index is -0.792. The summed E-state index contributed by atoms with van der Waals surface area (Å²) in [4.78, 5) is 24.4. The summed E-state index contributed by atoms with van der Waals surface area (Å²) in [5.74, 6) is -0.806. The lowest BCUT2D eigenvalue weighted by Gasteiger charge is -2.28. The van der Waals surface area contributed by atoms with Crippen molar-refractivity contribution in [3.8, 4) is 0 Å². The Labute approximate surface area is 95.8 Å². The van der Waals surface area contributed by atoms with E-state index in [9.17, 15) is 9.59 Å². The molecule has 0 bridgehead atoms. The Hall–Kier alpha value is -1.10. The van der Waals surface area contributed by atoms with E-state index in [0.717, 1.165) is 19.4 Å². The van der Waals surface area contributed by atoms with Crippen molar-refractivity contribution in [1.82, 2.24) is 10.2 Å². The molecule has 2 unspecified atom stereocenters. The maximum Gasteiger partial charge on any atom is 0.304 e. The van der Waals surface area contributed by atoms with E-state index in [4.69, 9.17) is 5.11 Å². The largest absolute Gasteiger partial charge is 0.481 e. The van der Waals surface area contributed by atoms with Crippen molar-refractivity contribution in [3.63, 3.8) is 0 Å². The van der Waals surface area contributed by atoms with Crippen molar-refractivity contribution in [2.45, 2.75) is 45.2 Å². The Morgan fingerprint density at radius 3 is 2.81 bits per heavy atom. The van der Waals surface area contributed by atoms with Crippen LogP contribution in [0.1, 0.15) is 33.1 Å². The smallest absolute Gasteiger partial charge is 0.304 e. The van der Waals surface area contributed by atoms with Crippen LogP contribution >= 0.6 is 0 Å². The summed E-state index contributed by atoms with van der Waals surface area (Å²) < 4.78 is 0. The third kappa shape index (κ3) is 3.20. The molecule has 0 aromatic carbocycles. The number of amides is 1. The highest BCUT2D eigenvalue weighted by atomic mass is 16.4. The molecule has 0 saturated carbocycles. The molecule has 16 heavy (non-hydrogen) atoms. The summed E-state index contributed by atoms with van der Waals surface area (Å²) in [6, 6.07) is -0.220. The van der Waals surface area contributed by atoms with E-state index in [1.54, 1.807) is 0 Å². The lowest BCUT2D eigenvalue weighted by molar-refractivity contribution is -0.139. The number of aliphatic carboxylic acids is 1. The fraction of sp³-hybridized carbons (Fsp3) is 0.818. The van der Waals surface area contributed by atoms with Gasteiger partial charge in [-0.1, -0.05) is 0 Å². The zero-order valence-electron chi connectivity index (χ0n) is 9.90. The van der Waals surface area contributed by atoms with Crippen LogP contribution in [0.5, 0.6) is 0 Å². The van der Waals surface area contributed by atoms with Crippen LogP contribution in [0.15, 0.2) is 0 Å². The molecule has 1 saturated heterocycles. The molecule has 5 nitrogen and oxygen atoms in total. The fourth-order valence-corrected chi connectivity index (χ4v) is 2.26. The Kier molecular flexibility index (Phi) is 4.73. The molecule has 1 rings (SSSR count). The van der Waals surface area contributed by atoms with Gasteiger partial charge in [0.25, 0.3) is 0 Å². The van der Waals surface area contributed by atoms with E-state index in [1.807, 2.05) is 18.7 Å². The second kappa shape index (κ2) is 5.84. The maximum absolute atomic E-state index is 11.7. The molecule has 0 aliphatic carbocycles. The molecule has 92 valence electrons. The minimum Gasteiger partial charge on any atom is -0.481 e. The standard InChI is InChI=1S/C11H20N2O3/c1-3-12-11(16)8(2)13-6-4-5-9(13)7-10(14)15/h8-9H,3-7H2,1-2H3,(H,12,16)(H,14,15). The molecule has 1 fully saturated rings. The Balaban J connectivity index is 2.56. The number of likely N-dealkylation sites (N-methyl/N-ethyl adjacent to an activating group) is 1. The van der Waals surface area contributed by atoms with Crippen LogP contribution in [-0.2, 0) is 9.59 Å². The maximum atomic E-state index is 11.7. The third-order valence-electron chi connectivity index (χ3n) is 3.06. The molecule has 1 amide bonds. The SMILES string of the molecule is CCNC(=O)C(C)N1CCCC1CC(=O)O. The van der Waals surface area contributed by atoms with Gasteiger partial charge in [0.1, 0.15) is 0 Å². The normalized spacial score (nSPS) is 23.0. The quantitative estimate of drug-likeness (QED) is 0.717. The number of carbonyl (C=O) groups excluding carboxylic acids is 1. The number of rotatable bonds is 5. The molecule has 0 aromatic heterocycles. The highest BCUT2D eigenvalue weighted by Gasteiger charge is 2.32. The zero-order chi connectivity index (χ0) is 12.1. The van der Waals surface area contributed by atoms with Gasteiger partial charge in [-0.15, -0.1) is 0 Å². The number of hydrogen-bond acceptors (Lipinski definition) is 3. The first-order chi connectivity index (χ1) is 7.56. The molecular weight excluding hydrogens is 208 g/mol. The predicted molar refractivity (Wildman–Crippen MR) is 60.1 cm³/mol. The van der Waals surface area contributed by atoms with Crippen LogP contribution in [0.25, 0.3) is 0 Å². The highest BCUT2D eigenvalue weighted by molar-refractivity contribution is 5.81. The van der Waals surface area contributed by atoms with Gasteiger partial charge in [-0.25, -0.2) is 0 Å². The van der Waals surface area contributed by atoms with Crippen molar-refractivity contribution < 1.29 is 14.7 Å². The molecule has 0 spiro atoms. The number of carbonyl (C=O) groups is 2. The second-order valence-electron chi connectivity index (χ2n) is 4.20. The van der Waals surface area contributed by atoms with Gasteiger partial charge >= 0.3 is 5.97 Å². The van der Waals surface area contributed by atoms with Gasteiger partial charge in [0.05, 0.1) is 12.5 Å². The van der Waals surface area contributed by atoms with E-state index in [0.29, 0.717) is 6.54 Å². The first-order valence-corrected chi connectivity index (χ1v) is 5.81. The lowest BCUT2D eigenvalue weighted by Crippen LogP contribution is -2.47. The van der Waals surface area contributed by atoms with Crippen LogP contribution in [0.2, 0.25) is 0 Å². The van der Waals surface area contributed by atoms with Crippen molar-refractivity contribution in [2.75, 3.05) is 13.1 Å². The third-order valence-corrected chi connectivity index (χ3v) is 3.06. The van der Waals surface area contributed by atoms with E-state index < -0.39 is 5.97 Å². The van der Waals surface area contributed by atoms with Gasteiger partial charge < -0.3 is 10.4 Å². The molecule has 5 heteroatoms. The van der Waals surface area contributed by atoms with Crippen LogP contribution in [0, 0.1) is 0 Å². The van der Waals surface area contributed by atoms with Crippen molar-refractivity contribution in [2.24, 2.45) is 0 Å². The summed E-state index contributed by atoms with van der Waals surface area (Å²) in [7, 11) is 0. The van der Waals surface area contributed by atoms with Gasteiger partial charge in [0, 0.05) is 12.6 Å². The number of carboxylic acids is 1. The summed E-state index contributed by atoms with van der Waals surface area (Å²) >= 11 is 0. The zero-order valence-corrected chi connectivity index (χ0v) is 9.90. The number of carboxylic acid groups (broad SMARTS) is 1. The number of likely N-dealkylation sites (tertiary alicyclic amines) is 1. The number of hydrogen-bond donors (Lipinski definition) is 2. The summed E-state index contributed by atoms with van der Waals surface area (Å²) in [5.41, 5.74) is 0. The van der Waals surface area contributed by atoms with Crippen LogP contribution in [0.4, 0.5) is 0 Å². The van der Waals surface area contributed by atoms with E-state index >= 15 is 0 Å². The Bertz CT molecular complexity index is 268. The van der Waals surface area contributed by atoms with Gasteiger partial charge in [0.15, 0.2) is 0 Å². The van der Waals surface area contributed by atoms with Crippen LogP contribution < -0.4 is 5.32 Å². The monoisotopic (exact) mass is 228 g/mol. The van der Waals surface area contributed by atoms with Gasteiger partial charge in [-0.3, -0.25) is 14.5 Å². The van der Waals surface area contributed by atoms with Crippen molar-refractivity contribution in [1.29, 1.82) is 0 Å². The lowest BCUT2D eigenvalue weighted by atomic mass is 10.1. The molecule has 1 heterocycles. The molecule has 0 aromatic rings. The second-order valence-corrected chi connectivity index (χ2v) is 4.20. The summed E-state index contributed by atoms with van der Waals surface area (Å²) in [6.07, 6.45) is 1.97.